The van der Waals surface area contributed by atoms with Gasteiger partial charge in [-0.2, -0.15) is 11.3 Å². The molecule has 114 valence electrons. The molecule has 0 saturated carbocycles. The third kappa shape index (κ3) is 4.68. The van der Waals surface area contributed by atoms with Crippen LogP contribution in [0.3, 0.4) is 0 Å². The summed E-state index contributed by atoms with van der Waals surface area (Å²) in [6.07, 6.45) is 7.05. The zero-order chi connectivity index (χ0) is 15.1. The fraction of sp³-hybridized carbons (Fsp3) is 0.467. The lowest BCUT2D eigenvalue weighted by atomic mass is 10.1. The van der Waals surface area contributed by atoms with Gasteiger partial charge in [-0.25, -0.2) is 4.98 Å². The first-order valence-corrected chi connectivity index (χ1v) is 8.09. The first-order valence-electron chi connectivity index (χ1n) is 7.15. The van der Waals surface area contributed by atoms with Gasteiger partial charge >= 0.3 is 0 Å². The number of thiophene rings is 1. The van der Waals surface area contributed by atoms with Crippen molar-refractivity contribution in [1.82, 2.24) is 14.9 Å². The minimum atomic E-state index is -0.641. The van der Waals surface area contributed by atoms with Crippen LogP contribution in [0.2, 0.25) is 0 Å². The Labute approximate surface area is 128 Å². The third-order valence-corrected chi connectivity index (χ3v) is 4.11. The van der Waals surface area contributed by atoms with E-state index in [2.05, 4.69) is 17.2 Å². The normalized spacial score (nSPS) is 13.8. The van der Waals surface area contributed by atoms with Gasteiger partial charge in [-0.1, -0.05) is 13.3 Å². The molecule has 0 spiro atoms. The molecule has 2 atom stereocenters. The van der Waals surface area contributed by atoms with Crippen LogP contribution in [0.25, 0.3) is 0 Å². The molecule has 5 nitrogen and oxygen atoms in total. The van der Waals surface area contributed by atoms with Crippen LogP contribution in [0.1, 0.15) is 43.9 Å². The van der Waals surface area contributed by atoms with Gasteiger partial charge in [-0.15, -0.1) is 0 Å². The van der Waals surface area contributed by atoms with Crippen LogP contribution >= 0.6 is 11.3 Å². The molecular weight excluding hydrogens is 286 g/mol. The molecule has 2 aromatic rings. The molecule has 0 aliphatic heterocycles. The first-order chi connectivity index (χ1) is 10.2. The number of hydrogen-bond acceptors (Lipinski definition) is 4. The van der Waals surface area contributed by atoms with Crippen LogP contribution < -0.4 is 5.32 Å². The lowest BCUT2D eigenvalue weighted by Crippen LogP contribution is -2.30. The summed E-state index contributed by atoms with van der Waals surface area (Å²) in [5.74, 6) is -0.0450. The maximum atomic E-state index is 12.0. The van der Waals surface area contributed by atoms with E-state index in [0.717, 1.165) is 18.4 Å². The van der Waals surface area contributed by atoms with Gasteiger partial charge in [0.1, 0.15) is 0 Å². The summed E-state index contributed by atoms with van der Waals surface area (Å²) in [4.78, 5) is 16.1. The van der Waals surface area contributed by atoms with Crippen molar-refractivity contribution in [3.05, 3.63) is 41.1 Å². The number of imidazole rings is 1. The van der Waals surface area contributed by atoms with Crippen LogP contribution in [0, 0.1) is 0 Å². The van der Waals surface area contributed by atoms with Gasteiger partial charge in [-0.3, -0.25) is 4.79 Å². The Morgan fingerprint density at radius 1 is 1.57 bits per heavy atom. The highest BCUT2D eigenvalue weighted by atomic mass is 32.1. The van der Waals surface area contributed by atoms with Gasteiger partial charge in [0.25, 0.3) is 0 Å². The Morgan fingerprint density at radius 2 is 2.43 bits per heavy atom. The number of carbonyl (C=O) groups is 1. The highest BCUT2D eigenvalue weighted by Gasteiger charge is 2.16. The zero-order valence-corrected chi connectivity index (χ0v) is 12.9. The lowest BCUT2D eigenvalue weighted by molar-refractivity contribution is -0.122. The van der Waals surface area contributed by atoms with E-state index in [4.69, 9.17) is 0 Å². The van der Waals surface area contributed by atoms with E-state index in [-0.39, 0.29) is 18.5 Å². The number of aromatic nitrogens is 2. The molecule has 0 saturated heterocycles. The van der Waals surface area contributed by atoms with Crippen LogP contribution in [-0.2, 0) is 4.79 Å². The van der Waals surface area contributed by atoms with E-state index in [1.54, 1.807) is 12.5 Å². The number of rotatable bonds is 8. The lowest BCUT2D eigenvalue weighted by Gasteiger charge is -2.18. The predicted molar refractivity (Wildman–Crippen MR) is 83.1 cm³/mol. The second-order valence-electron chi connectivity index (χ2n) is 5.03. The van der Waals surface area contributed by atoms with E-state index >= 15 is 0 Å². The Bertz CT molecular complexity index is 525. The molecule has 2 N–H and O–H groups in total. The molecule has 0 aromatic carbocycles. The largest absolute Gasteiger partial charge is 0.387 e. The third-order valence-electron chi connectivity index (χ3n) is 3.41. The number of nitrogens with zero attached hydrogens (tertiary/aromatic N) is 2. The Balaban J connectivity index is 1.82. The fourth-order valence-corrected chi connectivity index (χ4v) is 2.96. The Kier molecular flexibility index (Phi) is 5.95. The van der Waals surface area contributed by atoms with Gasteiger partial charge in [-0.05, 0) is 28.8 Å². The van der Waals surface area contributed by atoms with Crippen LogP contribution in [-0.4, -0.2) is 27.1 Å². The Morgan fingerprint density at radius 3 is 3.05 bits per heavy atom. The maximum Gasteiger partial charge on any atom is 0.222 e. The molecule has 2 aromatic heterocycles. The molecule has 0 bridgehead atoms. The summed E-state index contributed by atoms with van der Waals surface area (Å²) in [6, 6.07) is 1.99. The fourth-order valence-electron chi connectivity index (χ4n) is 2.25. The summed E-state index contributed by atoms with van der Waals surface area (Å²) < 4.78 is 1.97. The van der Waals surface area contributed by atoms with Crippen molar-refractivity contribution in [2.75, 3.05) is 6.54 Å². The molecule has 0 fully saturated rings. The van der Waals surface area contributed by atoms with E-state index in [9.17, 15) is 9.90 Å². The summed E-state index contributed by atoms with van der Waals surface area (Å²) in [6.45, 7) is 2.35. The number of hydrogen-bond donors (Lipinski definition) is 2. The number of aliphatic hydroxyl groups excluding tert-OH is 1. The van der Waals surface area contributed by atoms with Gasteiger partial charge in [0.05, 0.1) is 12.4 Å². The molecule has 1 amide bonds. The summed E-state index contributed by atoms with van der Waals surface area (Å²) in [7, 11) is 0. The van der Waals surface area contributed by atoms with Crippen molar-refractivity contribution in [2.45, 2.75) is 38.3 Å². The van der Waals surface area contributed by atoms with Gasteiger partial charge in [0, 0.05) is 31.4 Å². The molecule has 6 heteroatoms. The molecule has 2 unspecified atom stereocenters. The highest BCUT2D eigenvalue weighted by molar-refractivity contribution is 7.07. The Hall–Kier alpha value is -1.66. The second kappa shape index (κ2) is 7.95. The van der Waals surface area contributed by atoms with Crippen molar-refractivity contribution >= 4 is 17.2 Å². The molecule has 0 aliphatic rings. The quantitative estimate of drug-likeness (QED) is 0.787. The van der Waals surface area contributed by atoms with Crippen molar-refractivity contribution in [2.24, 2.45) is 0 Å². The topological polar surface area (TPSA) is 67.2 Å². The molecule has 0 radical (unpaired) electrons. The van der Waals surface area contributed by atoms with E-state index in [0.29, 0.717) is 6.42 Å². The zero-order valence-electron chi connectivity index (χ0n) is 12.1. The SMILES string of the molecule is CCCC(CC(=O)NCC(O)c1ccsc1)n1ccnc1. The van der Waals surface area contributed by atoms with Crippen molar-refractivity contribution in [3.8, 4) is 0 Å². The molecular formula is C15H21N3O2S. The van der Waals surface area contributed by atoms with Crippen molar-refractivity contribution in [3.63, 3.8) is 0 Å². The van der Waals surface area contributed by atoms with Crippen molar-refractivity contribution < 1.29 is 9.90 Å². The second-order valence-corrected chi connectivity index (χ2v) is 5.81. The standard InChI is InChI=1S/C15H21N3O2S/c1-2-3-13(18-6-5-16-11-18)8-15(20)17-9-14(19)12-4-7-21-10-12/h4-7,10-11,13-14,19H,2-3,8-9H2,1H3,(H,17,20). The van der Waals surface area contributed by atoms with Gasteiger partial charge < -0.3 is 15.0 Å². The summed E-state index contributed by atoms with van der Waals surface area (Å²) in [5, 5.41) is 16.6. The van der Waals surface area contributed by atoms with E-state index in [1.165, 1.54) is 11.3 Å². The van der Waals surface area contributed by atoms with Gasteiger partial charge in [0.2, 0.25) is 5.91 Å². The predicted octanol–water partition coefficient (Wildman–Crippen LogP) is 2.53. The average Bonchev–Trinajstić information content (AvgIpc) is 3.16. The number of carbonyl (C=O) groups excluding carboxylic acids is 1. The van der Waals surface area contributed by atoms with E-state index < -0.39 is 6.10 Å². The maximum absolute atomic E-state index is 12.0. The molecule has 0 aliphatic carbocycles. The van der Waals surface area contributed by atoms with Crippen LogP contribution in [0.4, 0.5) is 0 Å². The number of aliphatic hydroxyl groups is 1. The smallest absolute Gasteiger partial charge is 0.222 e. The monoisotopic (exact) mass is 307 g/mol. The van der Waals surface area contributed by atoms with Crippen LogP contribution in [0.15, 0.2) is 35.5 Å². The molecule has 2 heterocycles. The molecule has 21 heavy (non-hydrogen) atoms. The van der Waals surface area contributed by atoms with E-state index in [1.807, 2.05) is 27.6 Å². The average molecular weight is 307 g/mol. The molecule has 2 rings (SSSR count). The minimum absolute atomic E-state index is 0.0450. The summed E-state index contributed by atoms with van der Waals surface area (Å²) >= 11 is 1.53. The number of amides is 1. The first kappa shape index (κ1) is 15.7. The number of nitrogens with one attached hydrogen (secondary N) is 1. The minimum Gasteiger partial charge on any atom is -0.387 e. The summed E-state index contributed by atoms with van der Waals surface area (Å²) in [5.41, 5.74) is 0.847. The highest BCUT2D eigenvalue weighted by Crippen LogP contribution is 2.18. The van der Waals surface area contributed by atoms with Crippen molar-refractivity contribution in [1.29, 1.82) is 0 Å². The van der Waals surface area contributed by atoms with Gasteiger partial charge in [0.15, 0.2) is 0 Å². The van der Waals surface area contributed by atoms with Crippen LogP contribution in [0.5, 0.6) is 0 Å².